The summed E-state index contributed by atoms with van der Waals surface area (Å²) in [4.78, 5) is 25.6. The number of amides is 1. The predicted octanol–water partition coefficient (Wildman–Crippen LogP) is 3.45. The Morgan fingerprint density at radius 3 is 2.38 bits per heavy atom. The highest BCUT2D eigenvalue weighted by molar-refractivity contribution is 6.33. The van der Waals surface area contributed by atoms with Crippen LogP contribution in [-0.4, -0.2) is 44.8 Å². The van der Waals surface area contributed by atoms with Crippen molar-refractivity contribution >= 4 is 23.5 Å². The van der Waals surface area contributed by atoms with Gasteiger partial charge in [0, 0.05) is 19.3 Å². The molecule has 0 saturated heterocycles. The van der Waals surface area contributed by atoms with Gasteiger partial charge in [0.1, 0.15) is 0 Å². The molecular formula is C19H24ClN3O3. The van der Waals surface area contributed by atoms with Crippen LogP contribution in [0.5, 0.6) is 0 Å². The molecule has 0 radical (unpaired) electrons. The maximum Gasteiger partial charge on any atom is 0.305 e. The van der Waals surface area contributed by atoms with E-state index >= 15 is 0 Å². The number of carboxylic acid groups (broad SMARTS) is 1. The van der Waals surface area contributed by atoms with Gasteiger partial charge in [0.2, 0.25) is 0 Å². The lowest BCUT2D eigenvalue weighted by Gasteiger charge is -2.27. The maximum atomic E-state index is 12.9. The van der Waals surface area contributed by atoms with E-state index in [9.17, 15) is 14.7 Å². The average molecular weight is 378 g/mol. The zero-order valence-corrected chi connectivity index (χ0v) is 16.2. The van der Waals surface area contributed by atoms with Gasteiger partial charge < -0.3 is 10.0 Å². The lowest BCUT2D eigenvalue weighted by molar-refractivity contribution is -0.138. The van der Waals surface area contributed by atoms with Crippen molar-refractivity contribution < 1.29 is 14.7 Å². The summed E-state index contributed by atoms with van der Waals surface area (Å²) in [6.07, 6.45) is 1.90. The Balaban J connectivity index is 2.27. The van der Waals surface area contributed by atoms with Gasteiger partial charge in [-0.3, -0.25) is 14.3 Å². The number of carbonyl (C=O) groups excluding carboxylic acids is 1. The van der Waals surface area contributed by atoms with Gasteiger partial charge in [-0.1, -0.05) is 41.9 Å². The minimum atomic E-state index is -0.961. The summed E-state index contributed by atoms with van der Waals surface area (Å²) < 4.78 is 1.64. The van der Waals surface area contributed by atoms with Crippen molar-refractivity contribution in [2.45, 2.75) is 45.2 Å². The van der Waals surface area contributed by atoms with Gasteiger partial charge in [0.15, 0.2) is 5.69 Å². The number of hydrogen-bond donors (Lipinski definition) is 1. The maximum absolute atomic E-state index is 12.9. The summed E-state index contributed by atoms with van der Waals surface area (Å²) in [6.45, 7) is 5.87. The Morgan fingerprint density at radius 2 is 1.88 bits per heavy atom. The molecular weight excluding hydrogens is 354 g/mol. The topological polar surface area (TPSA) is 75.4 Å². The van der Waals surface area contributed by atoms with Crippen LogP contribution in [0.15, 0.2) is 36.5 Å². The van der Waals surface area contributed by atoms with Gasteiger partial charge in [0.05, 0.1) is 17.0 Å². The second kappa shape index (κ2) is 7.91. The molecule has 0 bridgehead atoms. The molecule has 2 rings (SSSR count). The number of benzene rings is 1. The second-order valence-electron chi connectivity index (χ2n) is 7.30. The van der Waals surface area contributed by atoms with Crippen LogP contribution in [0.4, 0.5) is 0 Å². The van der Waals surface area contributed by atoms with Crippen LogP contribution in [-0.2, 0) is 16.8 Å². The third-order valence-corrected chi connectivity index (χ3v) is 4.43. The Labute approximate surface area is 158 Å². The normalized spacial score (nSPS) is 12.7. The first-order valence-electron chi connectivity index (χ1n) is 8.38. The summed E-state index contributed by atoms with van der Waals surface area (Å²) in [5.74, 6) is -1.35. The van der Waals surface area contributed by atoms with Crippen LogP contribution in [0.25, 0.3) is 0 Å². The summed E-state index contributed by atoms with van der Waals surface area (Å²) in [5, 5.41) is 13.8. The molecule has 0 aliphatic rings. The van der Waals surface area contributed by atoms with Crippen molar-refractivity contribution in [2.75, 3.05) is 7.05 Å². The van der Waals surface area contributed by atoms with Crippen molar-refractivity contribution in [3.8, 4) is 0 Å². The number of carbonyl (C=O) groups is 2. The summed E-state index contributed by atoms with van der Waals surface area (Å²) in [5.41, 5.74) is 0.780. The molecule has 1 atom stereocenters. The summed E-state index contributed by atoms with van der Waals surface area (Å²) >= 11 is 6.21. The van der Waals surface area contributed by atoms with E-state index in [0.29, 0.717) is 6.42 Å². The standard InChI is InChI=1S/C19H24ClN3O3/c1-19(2,3)23-12-15(20)17(21-23)18(26)22(4)14(11-16(24)25)10-13-8-6-5-7-9-13/h5-9,12,14H,10-11H2,1-4H3,(H,24,25)/t14-/m0/s1. The highest BCUT2D eigenvalue weighted by atomic mass is 35.5. The fraction of sp³-hybridized carbons (Fsp3) is 0.421. The Bertz CT molecular complexity index is 781. The van der Waals surface area contributed by atoms with E-state index < -0.39 is 12.0 Å². The van der Waals surface area contributed by atoms with E-state index in [1.165, 1.54) is 4.90 Å². The third-order valence-electron chi connectivity index (χ3n) is 4.15. The van der Waals surface area contributed by atoms with E-state index in [1.54, 1.807) is 17.9 Å². The molecule has 0 aliphatic heterocycles. The third kappa shape index (κ3) is 4.85. The monoisotopic (exact) mass is 377 g/mol. The number of likely N-dealkylation sites (N-methyl/N-ethyl adjacent to an activating group) is 1. The molecule has 0 unspecified atom stereocenters. The molecule has 1 aromatic heterocycles. The molecule has 1 amide bonds. The second-order valence-corrected chi connectivity index (χ2v) is 7.71. The fourth-order valence-electron chi connectivity index (χ4n) is 2.61. The summed E-state index contributed by atoms with van der Waals surface area (Å²) in [7, 11) is 1.59. The Morgan fingerprint density at radius 1 is 1.27 bits per heavy atom. The van der Waals surface area contributed by atoms with Crippen molar-refractivity contribution in [1.82, 2.24) is 14.7 Å². The molecule has 0 saturated carbocycles. The van der Waals surface area contributed by atoms with Gasteiger partial charge in [-0.05, 0) is 32.8 Å². The molecule has 140 valence electrons. The first-order chi connectivity index (χ1) is 12.1. The SMILES string of the molecule is CN(C(=O)c1nn(C(C)(C)C)cc1Cl)[C@H](CC(=O)O)Cc1ccccc1. The number of aliphatic carboxylic acids is 1. The number of rotatable bonds is 6. The molecule has 7 heteroatoms. The lowest BCUT2D eigenvalue weighted by Crippen LogP contribution is -2.40. The first kappa shape index (κ1) is 20.0. The molecule has 1 aromatic carbocycles. The van der Waals surface area contributed by atoms with Crippen molar-refractivity contribution in [2.24, 2.45) is 0 Å². The van der Waals surface area contributed by atoms with Crippen LogP contribution in [0.3, 0.4) is 0 Å². The number of aromatic nitrogens is 2. The number of nitrogens with zero attached hydrogens (tertiary/aromatic N) is 3. The molecule has 0 spiro atoms. The van der Waals surface area contributed by atoms with Crippen LogP contribution in [0.2, 0.25) is 5.02 Å². The minimum Gasteiger partial charge on any atom is -0.481 e. The van der Waals surface area contributed by atoms with Gasteiger partial charge in [-0.15, -0.1) is 0 Å². The highest BCUT2D eigenvalue weighted by Gasteiger charge is 2.28. The summed E-state index contributed by atoms with van der Waals surface area (Å²) in [6, 6.07) is 8.98. The zero-order valence-electron chi connectivity index (χ0n) is 15.4. The van der Waals surface area contributed by atoms with Crippen molar-refractivity contribution in [3.05, 3.63) is 52.8 Å². The fourth-order valence-corrected chi connectivity index (χ4v) is 2.82. The van der Waals surface area contributed by atoms with E-state index in [-0.39, 0.29) is 28.6 Å². The number of carboxylic acids is 1. The Hall–Kier alpha value is -2.34. The highest BCUT2D eigenvalue weighted by Crippen LogP contribution is 2.23. The lowest BCUT2D eigenvalue weighted by atomic mass is 10.0. The van der Waals surface area contributed by atoms with Gasteiger partial charge in [-0.25, -0.2) is 0 Å². The van der Waals surface area contributed by atoms with Crippen LogP contribution >= 0.6 is 11.6 Å². The van der Waals surface area contributed by atoms with E-state index in [1.807, 2.05) is 51.1 Å². The van der Waals surface area contributed by atoms with Gasteiger partial charge in [-0.2, -0.15) is 5.10 Å². The Kier molecular flexibility index (Phi) is 6.08. The van der Waals surface area contributed by atoms with E-state index in [0.717, 1.165) is 5.56 Å². The minimum absolute atomic E-state index is 0.132. The van der Waals surface area contributed by atoms with E-state index in [4.69, 9.17) is 11.6 Å². The predicted molar refractivity (Wildman–Crippen MR) is 101 cm³/mol. The smallest absolute Gasteiger partial charge is 0.305 e. The molecule has 1 heterocycles. The quantitative estimate of drug-likeness (QED) is 0.836. The largest absolute Gasteiger partial charge is 0.481 e. The number of halogens is 1. The average Bonchev–Trinajstić information content (AvgIpc) is 2.95. The van der Waals surface area contributed by atoms with Gasteiger partial charge in [0.25, 0.3) is 5.91 Å². The molecule has 26 heavy (non-hydrogen) atoms. The van der Waals surface area contributed by atoms with Crippen molar-refractivity contribution in [3.63, 3.8) is 0 Å². The van der Waals surface area contributed by atoms with Crippen LogP contribution in [0.1, 0.15) is 43.2 Å². The van der Waals surface area contributed by atoms with Crippen LogP contribution < -0.4 is 0 Å². The van der Waals surface area contributed by atoms with Crippen molar-refractivity contribution in [1.29, 1.82) is 0 Å². The molecule has 2 aromatic rings. The molecule has 6 nitrogen and oxygen atoms in total. The molecule has 0 aliphatic carbocycles. The zero-order chi connectivity index (χ0) is 19.5. The van der Waals surface area contributed by atoms with Gasteiger partial charge >= 0.3 is 5.97 Å². The van der Waals surface area contributed by atoms with Crippen LogP contribution in [0, 0.1) is 0 Å². The molecule has 1 N–H and O–H groups in total. The first-order valence-corrected chi connectivity index (χ1v) is 8.76. The molecule has 0 fully saturated rings. The number of hydrogen-bond acceptors (Lipinski definition) is 3. The van der Waals surface area contributed by atoms with E-state index in [2.05, 4.69) is 5.10 Å².